The molecule has 31 heavy (non-hydrogen) atoms. The first-order chi connectivity index (χ1) is 14.7. The molecule has 171 valence electrons. The fourth-order valence-electron chi connectivity index (χ4n) is 8.20. The van der Waals surface area contributed by atoms with E-state index < -0.39 is 12.1 Å². The molecule has 0 saturated carbocycles. The molecule has 0 amide bonds. The van der Waals surface area contributed by atoms with Crippen molar-refractivity contribution < 1.29 is 28.0 Å². The third kappa shape index (κ3) is 3.70. The summed E-state index contributed by atoms with van der Waals surface area (Å²) in [4.78, 5) is 0. The van der Waals surface area contributed by atoms with Crippen LogP contribution in [0.3, 0.4) is 0 Å². The molecule has 2 unspecified atom stereocenters. The van der Waals surface area contributed by atoms with Crippen LogP contribution in [-0.2, 0) is 28.0 Å². The molecule has 0 bridgehead atoms. The minimum absolute atomic E-state index is 0.114. The summed E-state index contributed by atoms with van der Waals surface area (Å²) in [7, 11) is 0. The van der Waals surface area contributed by atoms with Crippen LogP contribution in [0.2, 0.25) is 23.1 Å². The summed E-state index contributed by atoms with van der Waals surface area (Å²) in [5.74, 6) is 0. The summed E-state index contributed by atoms with van der Waals surface area (Å²) in [6.07, 6.45) is 22.2. The zero-order valence-corrected chi connectivity index (χ0v) is 24.8. The molecular weight excluding hydrogens is 444 g/mol. The second-order valence-electron chi connectivity index (χ2n) is 12.3. The topological polar surface area (TPSA) is 0 Å². The van der Waals surface area contributed by atoms with Gasteiger partial charge in [-0.25, -0.2) is 0 Å². The maximum absolute atomic E-state index is 2.91. The molecule has 0 radical (unpaired) electrons. The fraction of sp³-hybridized carbons (Fsp3) is 0.724. The normalized spacial score (nSPS) is 32.3. The van der Waals surface area contributed by atoms with Gasteiger partial charge >= 0.3 is 202 Å². The summed E-state index contributed by atoms with van der Waals surface area (Å²) in [6.45, 7) is 9.90. The van der Waals surface area contributed by atoms with E-state index in [9.17, 15) is 0 Å². The van der Waals surface area contributed by atoms with E-state index in [4.69, 9.17) is 0 Å². The van der Waals surface area contributed by atoms with Crippen molar-refractivity contribution in [3.8, 4) is 0 Å². The van der Waals surface area contributed by atoms with Crippen LogP contribution < -0.4 is 0 Å². The Hall–Kier alpha value is 0.389. The molecule has 0 saturated heterocycles. The Balaban J connectivity index is 1.85. The molecule has 4 aliphatic carbocycles. The van der Waals surface area contributed by atoms with Crippen molar-refractivity contribution in [3.63, 3.8) is 0 Å². The van der Waals surface area contributed by atoms with Gasteiger partial charge < -0.3 is 0 Å². The van der Waals surface area contributed by atoms with E-state index in [1.54, 1.807) is 11.1 Å². The summed E-state index contributed by atoms with van der Waals surface area (Å²) < 4.78 is 0.940. The van der Waals surface area contributed by atoms with E-state index >= 15 is 0 Å². The summed E-state index contributed by atoms with van der Waals surface area (Å²) in [5.41, 5.74) is 11.1. The second kappa shape index (κ2) is 8.56. The molecule has 0 N–H and O–H groups in total. The van der Waals surface area contributed by atoms with Crippen molar-refractivity contribution in [2.45, 2.75) is 128 Å². The van der Waals surface area contributed by atoms with Crippen LogP contribution in [0.15, 0.2) is 45.6 Å². The SMILES string of the molecule is CCC1=C[C](CC)([Ti][Ti]([CH3])([CH3])([CH3])[C]2(CC)C=C(CC)C3=C2CCCC3)C2=C1CCCC2. The maximum atomic E-state index is 2.91. The van der Waals surface area contributed by atoms with Gasteiger partial charge in [-0.1, -0.05) is 0 Å². The Kier molecular flexibility index (Phi) is 6.76. The molecule has 0 aliphatic heterocycles. The Morgan fingerprint density at radius 3 is 1.77 bits per heavy atom. The van der Waals surface area contributed by atoms with Gasteiger partial charge in [0.05, 0.1) is 0 Å². The van der Waals surface area contributed by atoms with Crippen molar-refractivity contribution in [2.24, 2.45) is 0 Å². The average Bonchev–Trinajstić information content (AvgIpc) is 3.27. The van der Waals surface area contributed by atoms with Gasteiger partial charge in [-0.05, 0) is 0 Å². The van der Waals surface area contributed by atoms with Crippen LogP contribution in [-0.4, -0.2) is 0 Å². The standard InChI is InChI=1S/2C13H19.3CH3.2Ti/c2*1-3-10-9-11(4-2)13-8-6-5-7-12(10)13;;;;;/h2*9H,3-8H2,1-2H3;3*1H3;;. The van der Waals surface area contributed by atoms with Gasteiger partial charge in [0, 0.05) is 0 Å². The molecule has 0 nitrogen and oxygen atoms in total. The first kappa shape index (κ1) is 24.5. The third-order valence-corrected chi connectivity index (χ3v) is 30.5. The molecule has 2 atom stereocenters. The van der Waals surface area contributed by atoms with Crippen LogP contribution in [0.25, 0.3) is 0 Å². The van der Waals surface area contributed by atoms with E-state index in [1.807, 2.05) is 22.3 Å². The van der Waals surface area contributed by atoms with Crippen LogP contribution in [0.4, 0.5) is 0 Å². The molecule has 0 fully saturated rings. The molecule has 2 heteroatoms. The predicted octanol–water partition coefficient (Wildman–Crippen LogP) is 10.4. The average molecular weight is 491 g/mol. The van der Waals surface area contributed by atoms with Crippen LogP contribution >= 0.6 is 0 Å². The van der Waals surface area contributed by atoms with E-state index in [2.05, 4.69) is 55.5 Å². The number of rotatable bonds is 7. The van der Waals surface area contributed by atoms with Crippen LogP contribution in [0, 0.1) is 0 Å². The first-order valence-electron chi connectivity index (χ1n) is 13.6. The zero-order chi connectivity index (χ0) is 22.5. The molecule has 0 aromatic heterocycles. The first-order valence-corrected chi connectivity index (χ1v) is 23.8. The molecule has 0 aromatic carbocycles. The molecule has 0 spiro atoms. The van der Waals surface area contributed by atoms with Crippen LogP contribution in [0.5, 0.6) is 0 Å². The Labute approximate surface area is 200 Å². The Morgan fingerprint density at radius 2 is 1.23 bits per heavy atom. The number of hydrogen-bond donors (Lipinski definition) is 0. The van der Waals surface area contributed by atoms with Gasteiger partial charge in [0.2, 0.25) is 0 Å². The Morgan fingerprint density at radius 1 is 0.710 bits per heavy atom. The molecule has 0 heterocycles. The van der Waals surface area contributed by atoms with Gasteiger partial charge in [-0.3, -0.25) is 0 Å². The van der Waals surface area contributed by atoms with Gasteiger partial charge in [-0.15, -0.1) is 0 Å². The predicted molar refractivity (Wildman–Crippen MR) is 131 cm³/mol. The van der Waals surface area contributed by atoms with E-state index in [-0.39, 0.29) is 15.9 Å². The van der Waals surface area contributed by atoms with Crippen molar-refractivity contribution >= 4 is 0 Å². The monoisotopic (exact) mass is 491 g/mol. The van der Waals surface area contributed by atoms with E-state index in [0.717, 1.165) is 0 Å². The fourth-order valence-corrected chi connectivity index (χ4v) is 34.0. The van der Waals surface area contributed by atoms with E-state index in [0.29, 0.717) is 7.44 Å². The molecule has 4 aliphatic rings. The van der Waals surface area contributed by atoms with Crippen molar-refractivity contribution in [2.75, 3.05) is 0 Å². The summed E-state index contributed by atoms with van der Waals surface area (Å²) in [6, 6.07) is 0. The number of allylic oxidation sites excluding steroid dienone is 8. The van der Waals surface area contributed by atoms with E-state index in [1.165, 1.54) is 77.0 Å². The van der Waals surface area contributed by atoms with Gasteiger partial charge in [0.1, 0.15) is 0 Å². The number of hydrogen-bond acceptors (Lipinski definition) is 0. The summed E-state index contributed by atoms with van der Waals surface area (Å²) >= 11 is -2.95. The van der Waals surface area contributed by atoms with Crippen molar-refractivity contribution in [1.29, 1.82) is 0 Å². The molecule has 0 aromatic rings. The van der Waals surface area contributed by atoms with Crippen molar-refractivity contribution in [1.82, 2.24) is 0 Å². The van der Waals surface area contributed by atoms with Crippen LogP contribution in [0.1, 0.15) is 105 Å². The zero-order valence-electron chi connectivity index (χ0n) is 21.6. The summed E-state index contributed by atoms with van der Waals surface area (Å²) in [5, 5.41) is 8.69. The molecular formula is C29H47Ti2. The quantitative estimate of drug-likeness (QED) is 0.311. The van der Waals surface area contributed by atoms with Crippen molar-refractivity contribution in [3.05, 3.63) is 45.6 Å². The van der Waals surface area contributed by atoms with Gasteiger partial charge in [-0.2, -0.15) is 0 Å². The minimum atomic E-state index is -2.84. The third-order valence-electron chi connectivity index (χ3n) is 9.73. The Bertz CT molecular complexity index is 872. The second-order valence-corrected chi connectivity index (χ2v) is 38.1. The molecule has 4 rings (SSSR count). The van der Waals surface area contributed by atoms with Gasteiger partial charge in [0.25, 0.3) is 0 Å². The van der Waals surface area contributed by atoms with Gasteiger partial charge in [0.15, 0.2) is 0 Å².